The molecule has 0 spiro atoms. The quantitative estimate of drug-likeness (QED) is 0.858. The molecule has 6 nitrogen and oxygen atoms in total. The summed E-state index contributed by atoms with van der Waals surface area (Å²) in [5.74, 6) is -0.804. The number of rotatable bonds is 5. The molecular formula is C13H21N3O3. The van der Waals surface area contributed by atoms with Gasteiger partial charge in [-0.05, 0) is 19.9 Å². The molecule has 19 heavy (non-hydrogen) atoms. The number of nitrogens with zero attached hydrogens (tertiary/aromatic N) is 3. The highest BCUT2D eigenvalue weighted by Crippen LogP contribution is 2.13. The lowest BCUT2D eigenvalue weighted by Crippen LogP contribution is -2.43. The third-order valence-electron chi connectivity index (χ3n) is 3.30. The van der Waals surface area contributed by atoms with Crippen LogP contribution in [-0.4, -0.2) is 51.6 Å². The summed E-state index contributed by atoms with van der Waals surface area (Å²) in [6.07, 6.45) is -0.131. The fraction of sp³-hybridized carbons (Fsp3) is 0.692. The number of ether oxygens (including phenoxy) is 1. The first-order valence-corrected chi connectivity index (χ1v) is 6.67. The third kappa shape index (κ3) is 3.78. The predicted octanol–water partition coefficient (Wildman–Crippen LogP) is 0.887. The molecule has 1 aromatic heterocycles. The van der Waals surface area contributed by atoms with E-state index in [4.69, 9.17) is 9.84 Å². The number of morpholine rings is 1. The van der Waals surface area contributed by atoms with Crippen molar-refractivity contribution in [1.82, 2.24) is 14.7 Å². The summed E-state index contributed by atoms with van der Waals surface area (Å²) in [7, 11) is 0. The van der Waals surface area contributed by atoms with Crippen molar-refractivity contribution in [2.75, 3.05) is 19.7 Å². The van der Waals surface area contributed by atoms with E-state index in [1.807, 2.05) is 11.6 Å². The normalized spacial score (nSPS) is 20.6. The van der Waals surface area contributed by atoms with Crippen LogP contribution in [-0.2, 0) is 22.6 Å². The molecule has 6 heteroatoms. The minimum atomic E-state index is -0.804. The Balaban J connectivity index is 1.96. The summed E-state index contributed by atoms with van der Waals surface area (Å²) in [5.41, 5.74) is 2.20. The van der Waals surface area contributed by atoms with Gasteiger partial charge in [0.1, 0.15) is 0 Å². The lowest BCUT2D eigenvalue weighted by molar-refractivity contribution is -0.142. The fourth-order valence-electron chi connectivity index (χ4n) is 2.47. The van der Waals surface area contributed by atoms with Gasteiger partial charge < -0.3 is 9.84 Å². The van der Waals surface area contributed by atoms with E-state index in [0.717, 1.165) is 25.3 Å². The second-order valence-electron chi connectivity index (χ2n) is 4.92. The van der Waals surface area contributed by atoms with E-state index in [2.05, 4.69) is 23.0 Å². The van der Waals surface area contributed by atoms with Crippen LogP contribution in [0.25, 0.3) is 0 Å². The van der Waals surface area contributed by atoms with Gasteiger partial charge >= 0.3 is 5.97 Å². The molecule has 1 unspecified atom stereocenters. The van der Waals surface area contributed by atoms with Crippen molar-refractivity contribution in [3.05, 3.63) is 17.5 Å². The van der Waals surface area contributed by atoms with Crippen molar-refractivity contribution in [1.29, 1.82) is 0 Å². The topological polar surface area (TPSA) is 67.6 Å². The smallest absolute Gasteiger partial charge is 0.306 e. The number of aryl methyl sites for hydroxylation is 2. The van der Waals surface area contributed by atoms with Gasteiger partial charge in [0.05, 0.1) is 30.5 Å². The predicted molar refractivity (Wildman–Crippen MR) is 69.9 cm³/mol. The molecule has 0 radical (unpaired) electrons. The molecule has 0 aliphatic carbocycles. The molecule has 1 fully saturated rings. The zero-order valence-corrected chi connectivity index (χ0v) is 11.5. The van der Waals surface area contributed by atoms with E-state index in [-0.39, 0.29) is 12.5 Å². The van der Waals surface area contributed by atoms with Crippen LogP contribution in [0.4, 0.5) is 0 Å². The van der Waals surface area contributed by atoms with Crippen LogP contribution in [0, 0.1) is 6.92 Å². The average molecular weight is 267 g/mol. The van der Waals surface area contributed by atoms with Crippen molar-refractivity contribution in [3.8, 4) is 0 Å². The summed E-state index contributed by atoms with van der Waals surface area (Å²) in [6.45, 7) is 7.81. The van der Waals surface area contributed by atoms with Crippen molar-refractivity contribution >= 4 is 5.97 Å². The lowest BCUT2D eigenvalue weighted by Gasteiger charge is -2.32. The van der Waals surface area contributed by atoms with Gasteiger partial charge in [0.2, 0.25) is 0 Å². The Bertz CT molecular complexity index is 444. The minimum absolute atomic E-state index is 0.0720. The molecule has 0 aromatic carbocycles. The van der Waals surface area contributed by atoms with Gasteiger partial charge in [0.25, 0.3) is 0 Å². The number of carboxylic acid groups (broad SMARTS) is 1. The van der Waals surface area contributed by atoms with Crippen LogP contribution in [0.15, 0.2) is 6.07 Å². The van der Waals surface area contributed by atoms with Gasteiger partial charge in [-0.25, -0.2) is 0 Å². The second kappa shape index (κ2) is 6.16. The van der Waals surface area contributed by atoms with Crippen LogP contribution in [0.2, 0.25) is 0 Å². The van der Waals surface area contributed by atoms with Gasteiger partial charge in [-0.3, -0.25) is 14.4 Å². The van der Waals surface area contributed by atoms with E-state index in [1.54, 1.807) is 0 Å². The molecule has 1 N–H and O–H groups in total. The van der Waals surface area contributed by atoms with E-state index < -0.39 is 5.97 Å². The van der Waals surface area contributed by atoms with Gasteiger partial charge in [-0.1, -0.05) is 0 Å². The first-order chi connectivity index (χ1) is 9.08. The largest absolute Gasteiger partial charge is 0.481 e. The summed E-state index contributed by atoms with van der Waals surface area (Å²) >= 11 is 0. The Kier molecular flexibility index (Phi) is 4.55. The molecule has 1 aliphatic heterocycles. The summed E-state index contributed by atoms with van der Waals surface area (Å²) in [4.78, 5) is 13.0. The Morgan fingerprint density at radius 3 is 3.11 bits per heavy atom. The fourth-order valence-corrected chi connectivity index (χ4v) is 2.47. The van der Waals surface area contributed by atoms with E-state index in [1.165, 1.54) is 5.69 Å². The lowest BCUT2D eigenvalue weighted by atomic mass is 10.2. The third-order valence-corrected chi connectivity index (χ3v) is 3.30. The maximum Gasteiger partial charge on any atom is 0.306 e. The molecule has 0 amide bonds. The van der Waals surface area contributed by atoms with Crippen LogP contribution >= 0.6 is 0 Å². The van der Waals surface area contributed by atoms with Crippen LogP contribution in [0.1, 0.15) is 24.7 Å². The SMILES string of the molecule is CCn1nc(C)cc1CN1CCOC(CC(=O)O)C1. The average Bonchev–Trinajstić information content (AvgIpc) is 2.69. The van der Waals surface area contributed by atoms with Gasteiger partial charge in [0.15, 0.2) is 0 Å². The molecule has 2 rings (SSSR count). The zero-order valence-electron chi connectivity index (χ0n) is 11.5. The van der Waals surface area contributed by atoms with Crippen molar-refractivity contribution in [3.63, 3.8) is 0 Å². The number of hydrogen-bond acceptors (Lipinski definition) is 4. The highest BCUT2D eigenvalue weighted by molar-refractivity contribution is 5.67. The number of aliphatic carboxylic acids is 1. The minimum Gasteiger partial charge on any atom is -0.481 e. The first-order valence-electron chi connectivity index (χ1n) is 6.67. The summed E-state index contributed by atoms with van der Waals surface area (Å²) < 4.78 is 7.47. The van der Waals surface area contributed by atoms with Crippen LogP contribution in [0.5, 0.6) is 0 Å². The van der Waals surface area contributed by atoms with Gasteiger partial charge in [-0.15, -0.1) is 0 Å². The van der Waals surface area contributed by atoms with Crippen LogP contribution in [0.3, 0.4) is 0 Å². The molecule has 1 saturated heterocycles. The summed E-state index contributed by atoms with van der Waals surface area (Å²) in [5, 5.41) is 13.2. The molecular weight excluding hydrogens is 246 g/mol. The highest BCUT2D eigenvalue weighted by atomic mass is 16.5. The molecule has 0 bridgehead atoms. The molecule has 1 atom stereocenters. The van der Waals surface area contributed by atoms with Gasteiger partial charge in [0, 0.05) is 26.2 Å². The molecule has 106 valence electrons. The first kappa shape index (κ1) is 14.0. The van der Waals surface area contributed by atoms with E-state index >= 15 is 0 Å². The zero-order chi connectivity index (χ0) is 13.8. The maximum absolute atomic E-state index is 10.7. The van der Waals surface area contributed by atoms with Crippen molar-refractivity contribution in [2.45, 2.75) is 39.5 Å². The molecule has 2 heterocycles. The number of hydrogen-bond donors (Lipinski definition) is 1. The van der Waals surface area contributed by atoms with Crippen LogP contribution < -0.4 is 0 Å². The maximum atomic E-state index is 10.7. The Morgan fingerprint density at radius 2 is 2.42 bits per heavy atom. The molecule has 0 saturated carbocycles. The standard InChI is InChI=1S/C13H21N3O3/c1-3-16-11(6-10(2)14-16)8-15-4-5-19-12(9-15)7-13(17)18/h6,12H,3-5,7-9H2,1-2H3,(H,17,18). The Labute approximate surface area is 113 Å². The Hall–Kier alpha value is -1.40. The Morgan fingerprint density at radius 1 is 1.63 bits per heavy atom. The molecule has 1 aliphatic rings. The number of aromatic nitrogens is 2. The van der Waals surface area contributed by atoms with E-state index in [9.17, 15) is 4.79 Å². The monoisotopic (exact) mass is 267 g/mol. The highest BCUT2D eigenvalue weighted by Gasteiger charge is 2.23. The number of carbonyl (C=O) groups is 1. The summed E-state index contributed by atoms with van der Waals surface area (Å²) in [6, 6.07) is 2.09. The van der Waals surface area contributed by atoms with Gasteiger partial charge in [-0.2, -0.15) is 5.10 Å². The van der Waals surface area contributed by atoms with Crippen molar-refractivity contribution in [2.24, 2.45) is 0 Å². The number of carboxylic acids is 1. The van der Waals surface area contributed by atoms with E-state index in [0.29, 0.717) is 13.2 Å². The molecule has 1 aromatic rings. The van der Waals surface area contributed by atoms with Crippen molar-refractivity contribution < 1.29 is 14.6 Å². The second-order valence-corrected chi connectivity index (χ2v) is 4.92.